The highest BCUT2D eigenvalue weighted by molar-refractivity contribution is 7.91. The average molecular weight is 614 g/mol. The molecule has 0 radical (unpaired) electrons. The van der Waals surface area contributed by atoms with Gasteiger partial charge in [0.2, 0.25) is 5.88 Å². The van der Waals surface area contributed by atoms with E-state index in [9.17, 15) is 23.3 Å². The van der Waals surface area contributed by atoms with Crippen LogP contribution in [0.2, 0.25) is 10.0 Å². The van der Waals surface area contributed by atoms with Gasteiger partial charge in [-0.2, -0.15) is 0 Å². The number of rotatable bonds is 8. The summed E-state index contributed by atoms with van der Waals surface area (Å²) in [6, 6.07) is 8.37. The number of sulfone groups is 1. The van der Waals surface area contributed by atoms with Crippen molar-refractivity contribution in [3.63, 3.8) is 0 Å². The zero-order valence-corrected chi connectivity index (χ0v) is 23.5. The Morgan fingerprint density at radius 3 is 2.67 bits per heavy atom. The molecule has 1 amide bonds. The van der Waals surface area contributed by atoms with Crippen LogP contribution in [0.15, 0.2) is 30.3 Å². The van der Waals surface area contributed by atoms with E-state index < -0.39 is 20.8 Å². The van der Waals surface area contributed by atoms with E-state index in [0.717, 1.165) is 0 Å². The molecule has 0 atom stereocenters. The maximum atomic E-state index is 13.3. The van der Waals surface area contributed by atoms with Gasteiger partial charge in [-0.15, -0.1) is 21.5 Å². The fraction of sp³-hybridized carbons (Fsp3) is 0.304. The lowest BCUT2D eigenvalue weighted by molar-refractivity contribution is -0.757. The highest BCUT2D eigenvalue weighted by atomic mass is 35.5. The number of aromatic nitrogens is 2. The van der Waals surface area contributed by atoms with Crippen molar-refractivity contribution in [1.29, 1.82) is 0 Å². The first-order chi connectivity index (χ1) is 18.6. The van der Waals surface area contributed by atoms with Crippen LogP contribution < -0.4 is 10.2 Å². The average Bonchev–Trinajstić information content (AvgIpc) is 3.49. The number of amides is 1. The molecule has 1 N–H and O–H groups in total. The highest BCUT2D eigenvalue weighted by Gasteiger charge is 2.29. The number of hydrazine groups is 1. The third-order valence-electron chi connectivity index (χ3n) is 5.47. The number of methoxy groups -OCH3 is 1. The molecule has 39 heavy (non-hydrogen) atoms. The van der Waals surface area contributed by atoms with Crippen molar-refractivity contribution in [3.05, 3.63) is 61.1 Å². The maximum absolute atomic E-state index is 13.3. The zero-order valence-electron chi connectivity index (χ0n) is 20.3. The van der Waals surface area contributed by atoms with Crippen LogP contribution in [-0.4, -0.2) is 72.3 Å². The molecule has 206 valence electrons. The molecule has 1 aliphatic heterocycles. The van der Waals surface area contributed by atoms with Crippen LogP contribution in [0.3, 0.4) is 0 Å². The second kappa shape index (κ2) is 12.2. The lowest BCUT2D eigenvalue weighted by Crippen LogP contribution is -2.50. The Labute approximate surface area is 237 Å². The van der Waals surface area contributed by atoms with E-state index in [1.165, 1.54) is 23.5 Å². The summed E-state index contributed by atoms with van der Waals surface area (Å²) in [4.78, 5) is 33.0. The number of hydrogen-bond acceptors (Lipinski definition) is 10. The predicted molar refractivity (Wildman–Crippen MR) is 146 cm³/mol. The van der Waals surface area contributed by atoms with Gasteiger partial charge in [-0.3, -0.25) is 14.8 Å². The van der Waals surface area contributed by atoms with E-state index in [0.29, 0.717) is 31.3 Å². The standard InChI is InChI=1S/C23H21Cl2N5O7S2/c1-36-23-20(22(31)27-28-9-12-39(34,35)13-10-28)26-21(17-7-5-15(24)14-18(17)25)29(23)19-8-6-16(38-19)4-2-3-11-37-30(32)33/h5-8,14H,3,9-13H2,1H3,(H,27,31). The molecule has 0 unspecified atom stereocenters. The topological polar surface area (TPSA) is 146 Å². The summed E-state index contributed by atoms with van der Waals surface area (Å²) in [5.74, 6) is 5.45. The molecule has 0 bridgehead atoms. The molecule has 1 fully saturated rings. The summed E-state index contributed by atoms with van der Waals surface area (Å²) in [5.41, 5.74) is 3.16. The fourth-order valence-electron chi connectivity index (χ4n) is 3.65. The van der Waals surface area contributed by atoms with Crippen molar-refractivity contribution in [2.45, 2.75) is 6.42 Å². The Hall–Kier alpha value is -3.35. The zero-order chi connectivity index (χ0) is 28.2. The molecule has 0 aliphatic carbocycles. The van der Waals surface area contributed by atoms with Crippen molar-refractivity contribution in [2.24, 2.45) is 0 Å². The van der Waals surface area contributed by atoms with Gasteiger partial charge in [-0.1, -0.05) is 35.0 Å². The molecule has 4 rings (SSSR count). The van der Waals surface area contributed by atoms with Crippen LogP contribution in [0.5, 0.6) is 5.88 Å². The van der Waals surface area contributed by atoms with Gasteiger partial charge in [-0.25, -0.2) is 18.4 Å². The second-order valence-electron chi connectivity index (χ2n) is 8.08. The molecular formula is C23H21Cl2N5O7S2. The van der Waals surface area contributed by atoms with Gasteiger partial charge < -0.3 is 9.57 Å². The van der Waals surface area contributed by atoms with Gasteiger partial charge in [0, 0.05) is 30.1 Å². The molecule has 1 aromatic carbocycles. The number of carbonyl (C=O) groups excluding carboxylic acids is 1. The number of hydrogen-bond donors (Lipinski definition) is 1. The number of imidazole rings is 1. The van der Waals surface area contributed by atoms with E-state index >= 15 is 0 Å². The minimum Gasteiger partial charge on any atom is -0.480 e. The van der Waals surface area contributed by atoms with Crippen LogP contribution in [-0.2, 0) is 14.7 Å². The fourth-order valence-corrected chi connectivity index (χ4v) is 6.23. The van der Waals surface area contributed by atoms with Gasteiger partial charge in [-0.05, 0) is 30.3 Å². The third-order valence-corrected chi connectivity index (χ3v) is 8.61. The SMILES string of the molecule is COc1c(C(=O)NN2CCS(=O)(=O)CC2)nc(-c2ccc(Cl)cc2Cl)n1-c1ccc(C#CCCO[N+](=O)[O-])s1. The number of nitrogens with zero attached hydrogens (tertiary/aromatic N) is 4. The summed E-state index contributed by atoms with van der Waals surface area (Å²) in [7, 11) is -1.74. The quantitative estimate of drug-likeness (QED) is 0.175. The van der Waals surface area contributed by atoms with Crippen LogP contribution in [0, 0.1) is 22.0 Å². The number of carbonyl (C=O) groups is 1. The molecule has 1 aliphatic rings. The summed E-state index contributed by atoms with van der Waals surface area (Å²) in [6.07, 6.45) is 0.163. The second-order valence-corrected chi connectivity index (χ2v) is 12.3. The van der Waals surface area contributed by atoms with Gasteiger partial charge in [0.15, 0.2) is 21.4 Å². The predicted octanol–water partition coefficient (Wildman–Crippen LogP) is 3.24. The Balaban J connectivity index is 1.70. The molecule has 2 aromatic heterocycles. The number of halogens is 2. The van der Waals surface area contributed by atoms with Crippen molar-refractivity contribution >= 4 is 50.3 Å². The van der Waals surface area contributed by atoms with Crippen LogP contribution in [0.4, 0.5) is 0 Å². The molecule has 1 saturated heterocycles. The van der Waals surface area contributed by atoms with Crippen LogP contribution in [0.25, 0.3) is 16.4 Å². The summed E-state index contributed by atoms with van der Waals surface area (Å²) in [5, 5.41) is 12.3. The van der Waals surface area contributed by atoms with Crippen molar-refractivity contribution < 1.29 is 27.9 Å². The largest absolute Gasteiger partial charge is 0.480 e. The number of thiophene rings is 1. The van der Waals surface area contributed by atoms with Crippen molar-refractivity contribution in [1.82, 2.24) is 20.0 Å². The number of benzene rings is 1. The highest BCUT2D eigenvalue weighted by Crippen LogP contribution is 2.38. The van der Waals surface area contributed by atoms with Gasteiger partial charge in [0.05, 0.1) is 28.5 Å². The van der Waals surface area contributed by atoms with Crippen LogP contribution >= 0.6 is 34.5 Å². The molecule has 16 heteroatoms. The monoisotopic (exact) mass is 613 g/mol. The molecule has 3 heterocycles. The maximum Gasteiger partial charge on any atom is 0.294 e. The summed E-state index contributed by atoms with van der Waals surface area (Å²) >= 11 is 13.9. The first-order valence-electron chi connectivity index (χ1n) is 11.3. The molecule has 0 spiro atoms. The first kappa shape index (κ1) is 28.7. The van der Waals surface area contributed by atoms with E-state index in [4.69, 9.17) is 27.9 Å². The Morgan fingerprint density at radius 1 is 1.26 bits per heavy atom. The van der Waals surface area contributed by atoms with Crippen molar-refractivity contribution in [3.8, 4) is 34.1 Å². The number of ether oxygens (including phenoxy) is 1. The number of nitrogens with one attached hydrogen (secondary N) is 1. The van der Waals surface area contributed by atoms with E-state index in [2.05, 4.69) is 27.1 Å². The Kier molecular flexibility index (Phi) is 8.98. The lowest BCUT2D eigenvalue weighted by Gasteiger charge is -2.26. The van der Waals surface area contributed by atoms with Gasteiger partial charge >= 0.3 is 0 Å². The van der Waals surface area contributed by atoms with Crippen LogP contribution in [0.1, 0.15) is 21.8 Å². The van der Waals surface area contributed by atoms with Gasteiger partial charge in [0.1, 0.15) is 11.6 Å². The first-order valence-corrected chi connectivity index (χ1v) is 14.7. The van der Waals surface area contributed by atoms with E-state index in [1.54, 1.807) is 34.9 Å². The third kappa shape index (κ3) is 7.00. The van der Waals surface area contributed by atoms with E-state index in [1.807, 2.05) is 0 Å². The minimum absolute atomic E-state index is 0.0371. The Morgan fingerprint density at radius 2 is 2.00 bits per heavy atom. The normalized spacial score (nSPS) is 14.7. The summed E-state index contributed by atoms with van der Waals surface area (Å²) < 4.78 is 30.8. The molecule has 12 nitrogen and oxygen atoms in total. The lowest BCUT2D eigenvalue weighted by atomic mass is 10.2. The smallest absolute Gasteiger partial charge is 0.294 e. The molecule has 3 aromatic rings. The summed E-state index contributed by atoms with van der Waals surface area (Å²) in [6.45, 7) is 0.146. The van der Waals surface area contributed by atoms with Gasteiger partial charge in [0.25, 0.3) is 11.0 Å². The van der Waals surface area contributed by atoms with Crippen molar-refractivity contribution in [2.75, 3.05) is 38.3 Å². The Bertz CT molecular complexity index is 1560. The van der Waals surface area contributed by atoms with E-state index in [-0.39, 0.29) is 49.2 Å². The molecule has 0 saturated carbocycles. The molecular weight excluding hydrogens is 593 g/mol. The minimum atomic E-state index is -3.13.